The third kappa shape index (κ3) is 7.55. The van der Waals surface area contributed by atoms with Crippen molar-refractivity contribution in [1.82, 2.24) is 4.31 Å². The van der Waals surface area contributed by atoms with Crippen LogP contribution in [0.3, 0.4) is 0 Å². The van der Waals surface area contributed by atoms with Crippen LogP contribution < -0.4 is 5.32 Å². The molecule has 0 spiro atoms. The van der Waals surface area contributed by atoms with Gasteiger partial charge < -0.3 is 10.1 Å². The second-order valence-electron chi connectivity index (χ2n) is 10.5. The third-order valence-corrected chi connectivity index (χ3v) is 8.83. The van der Waals surface area contributed by atoms with Crippen molar-refractivity contribution < 1.29 is 27.1 Å². The molecule has 0 unspecified atom stereocenters. The molecular weight excluding hydrogens is 567 g/mol. The Morgan fingerprint density at radius 2 is 1.35 bits per heavy atom. The van der Waals surface area contributed by atoms with Gasteiger partial charge in [0.1, 0.15) is 5.82 Å². The van der Waals surface area contributed by atoms with E-state index in [9.17, 15) is 22.4 Å². The largest absolute Gasteiger partial charge is 0.462 e. The zero-order valence-electron chi connectivity index (χ0n) is 24.9. The monoisotopic (exact) mass is 602 g/mol. The number of benzene rings is 4. The SMILES string of the molecule is CCOC(=O)c1ccc(CN(Cc2ccc(C)cc2)S(=O)(=O)c2ccc(F)c(C(=O)Nc3c(C)cc(C)cc3C)c2)cc1. The molecule has 4 aromatic carbocycles. The maximum atomic E-state index is 15.0. The van der Waals surface area contributed by atoms with Gasteiger partial charge in [0, 0.05) is 18.8 Å². The number of ether oxygens (including phenoxy) is 1. The quantitative estimate of drug-likeness (QED) is 0.200. The minimum absolute atomic E-state index is 0.0278. The van der Waals surface area contributed by atoms with Crippen LogP contribution in [0.5, 0.6) is 0 Å². The van der Waals surface area contributed by atoms with E-state index in [4.69, 9.17) is 4.74 Å². The predicted molar refractivity (Wildman–Crippen MR) is 165 cm³/mol. The maximum Gasteiger partial charge on any atom is 0.338 e. The Morgan fingerprint density at radius 1 is 0.791 bits per heavy atom. The van der Waals surface area contributed by atoms with E-state index in [0.29, 0.717) is 16.8 Å². The molecule has 0 radical (unpaired) electrons. The van der Waals surface area contributed by atoms with E-state index in [2.05, 4.69) is 5.32 Å². The van der Waals surface area contributed by atoms with Crippen molar-refractivity contribution in [3.8, 4) is 0 Å². The summed E-state index contributed by atoms with van der Waals surface area (Å²) in [6.45, 7) is 9.53. The van der Waals surface area contributed by atoms with Crippen molar-refractivity contribution in [3.63, 3.8) is 0 Å². The smallest absolute Gasteiger partial charge is 0.338 e. The van der Waals surface area contributed by atoms with Crippen molar-refractivity contribution in [1.29, 1.82) is 0 Å². The van der Waals surface area contributed by atoms with Crippen LogP contribution in [-0.4, -0.2) is 31.2 Å². The van der Waals surface area contributed by atoms with Gasteiger partial charge in [0.05, 0.1) is 22.6 Å². The molecule has 0 fully saturated rings. The average Bonchev–Trinajstić information content (AvgIpc) is 2.96. The summed E-state index contributed by atoms with van der Waals surface area (Å²) in [5.74, 6) is -2.05. The molecule has 0 saturated heterocycles. The number of aryl methyl sites for hydroxylation is 4. The van der Waals surface area contributed by atoms with Gasteiger partial charge in [0.2, 0.25) is 10.0 Å². The number of esters is 1. The van der Waals surface area contributed by atoms with Crippen molar-refractivity contribution in [2.24, 2.45) is 0 Å². The van der Waals surface area contributed by atoms with E-state index in [1.165, 1.54) is 4.31 Å². The van der Waals surface area contributed by atoms with E-state index in [1.54, 1.807) is 31.2 Å². The summed E-state index contributed by atoms with van der Waals surface area (Å²) in [5.41, 5.74) is 5.59. The number of carbonyl (C=O) groups is 2. The van der Waals surface area contributed by atoms with Crippen molar-refractivity contribution >= 4 is 27.6 Å². The number of amides is 1. The van der Waals surface area contributed by atoms with Crippen LogP contribution in [-0.2, 0) is 27.8 Å². The molecule has 0 saturated carbocycles. The summed E-state index contributed by atoms with van der Waals surface area (Å²) in [4.78, 5) is 25.1. The Balaban J connectivity index is 1.68. The summed E-state index contributed by atoms with van der Waals surface area (Å²) < 4.78 is 49.4. The van der Waals surface area contributed by atoms with Gasteiger partial charge in [-0.25, -0.2) is 17.6 Å². The molecule has 1 amide bonds. The summed E-state index contributed by atoms with van der Waals surface area (Å²) in [6, 6.07) is 21.0. The molecule has 0 aromatic heterocycles. The molecule has 7 nitrogen and oxygen atoms in total. The fraction of sp³-hybridized carbons (Fsp3) is 0.235. The van der Waals surface area contributed by atoms with Crippen LogP contribution in [0.2, 0.25) is 0 Å². The number of carbonyl (C=O) groups excluding carboxylic acids is 2. The van der Waals surface area contributed by atoms with Crippen molar-refractivity contribution in [2.75, 3.05) is 11.9 Å². The average molecular weight is 603 g/mol. The first-order valence-electron chi connectivity index (χ1n) is 13.9. The molecule has 9 heteroatoms. The molecule has 0 aliphatic heterocycles. The number of hydrogen-bond acceptors (Lipinski definition) is 5. The lowest BCUT2D eigenvalue weighted by Gasteiger charge is -2.23. The Hall–Kier alpha value is -4.34. The van der Waals surface area contributed by atoms with E-state index < -0.39 is 27.7 Å². The zero-order chi connectivity index (χ0) is 31.3. The first-order valence-corrected chi connectivity index (χ1v) is 15.3. The summed E-state index contributed by atoms with van der Waals surface area (Å²) in [7, 11) is -4.22. The first-order chi connectivity index (χ1) is 20.4. The van der Waals surface area contributed by atoms with Crippen LogP contribution in [0, 0.1) is 33.5 Å². The molecule has 0 aliphatic carbocycles. The molecule has 1 N–H and O–H groups in total. The summed E-state index contributed by atoms with van der Waals surface area (Å²) in [6.07, 6.45) is 0. The molecule has 43 heavy (non-hydrogen) atoms. The van der Waals surface area contributed by atoms with Gasteiger partial charge in [0.15, 0.2) is 0 Å². The van der Waals surface area contributed by atoms with Crippen molar-refractivity contribution in [3.05, 3.63) is 129 Å². The minimum atomic E-state index is -4.22. The molecule has 4 aromatic rings. The number of nitrogens with zero attached hydrogens (tertiary/aromatic N) is 1. The second-order valence-corrected chi connectivity index (χ2v) is 12.5. The molecular formula is C34H35FN2O5S. The van der Waals surface area contributed by atoms with E-state index in [-0.39, 0.29) is 30.2 Å². The number of anilines is 1. The Labute approximate surface area is 252 Å². The van der Waals surface area contributed by atoms with Crippen LogP contribution in [0.4, 0.5) is 10.1 Å². The lowest BCUT2D eigenvalue weighted by atomic mass is 10.0. The van der Waals surface area contributed by atoms with Gasteiger partial charge in [-0.15, -0.1) is 0 Å². The molecule has 4 rings (SSSR count). The van der Waals surface area contributed by atoms with Crippen LogP contribution in [0.15, 0.2) is 83.8 Å². The van der Waals surface area contributed by atoms with Gasteiger partial charge in [-0.05, 0) is 87.2 Å². The highest BCUT2D eigenvalue weighted by molar-refractivity contribution is 7.89. The van der Waals surface area contributed by atoms with Gasteiger partial charge in [-0.3, -0.25) is 4.79 Å². The molecule has 0 aliphatic rings. The number of hydrogen-bond donors (Lipinski definition) is 1. The minimum Gasteiger partial charge on any atom is -0.462 e. The van der Waals surface area contributed by atoms with E-state index in [1.807, 2.05) is 64.1 Å². The van der Waals surface area contributed by atoms with Crippen LogP contribution in [0.1, 0.15) is 61.0 Å². The number of rotatable bonds is 10. The summed E-state index contributed by atoms with van der Waals surface area (Å²) in [5, 5.41) is 2.75. The van der Waals surface area contributed by atoms with Crippen LogP contribution >= 0.6 is 0 Å². The molecule has 0 atom stereocenters. The van der Waals surface area contributed by atoms with E-state index in [0.717, 1.165) is 46.0 Å². The topological polar surface area (TPSA) is 92.8 Å². The van der Waals surface area contributed by atoms with Gasteiger partial charge in [-0.2, -0.15) is 4.31 Å². The third-order valence-electron chi connectivity index (χ3n) is 7.04. The standard InChI is InChI=1S/C34H35FN2O5S/c1-6-42-34(39)28-13-11-27(12-14-28)21-37(20-26-9-7-22(2)8-10-26)43(40,41)29-15-16-31(35)30(19-29)33(38)36-32-24(4)17-23(3)18-25(32)5/h7-19H,6,20-21H2,1-5H3,(H,36,38). The fourth-order valence-corrected chi connectivity index (χ4v) is 6.28. The van der Waals surface area contributed by atoms with E-state index >= 15 is 0 Å². The molecule has 0 heterocycles. The Kier molecular flexibility index (Phi) is 9.78. The highest BCUT2D eigenvalue weighted by Crippen LogP contribution is 2.26. The second kappa shape index (κ2) is 13.3. The lowest BCUT2D eigenvalue weighted by molar-refractivity contribution is 0.0526. The maximum absolute atomic E-state index is 15.0. The van der Waals surface area contributed by atoms with Gasteiger partial charge in [-0.1, -0.05) is 59.7 Å². The number of nitrogens with one attached hydrogen (secondary N) is 1. The Bertz CT molecular complexity index is 1730. The summed E-state index contributed by atoms with van der Waals surface area (Å²) >= 11 is 0. The first kappa shape index (κ1) is 31.6. The fourth-order valence-electron chi connectivity index (χ4n) is 4.83. The zero-order valence-corrected chi connectivity index (χ0v) is 25.7. The van der Waals surface area contributed by atoms with Gasteiger partial charge in [0.25, 0.3) is 5.91 Å². The highest BCUT2D eigenvalue weighted by Gasteiger charge is 2.27. The molecule has 224 valence electrons. The number of halogens is 1. The predicted octanol–water partition coefficient (Wildman–Crippen LogP) is 6.88. The van der Waals surface area contributed by atoms with Crippen LogP contribution in [0.25, 0.3) is 0 Å². The lowest BCUT2D eigenvalue weighted by Crippen LogP contribution is -2.30. The van der Waals surface area contributed by atoms with Crippen molar-refractivity contribution in [2.45, 2.75) is 52.6 Å². The molecule has 0 bridgehead atoms. The normalized spacial score (nSPS) is 11.4. The Morgan fingerprint density at radius 3 is 1.91 bits per heavy atom. The van der Waals surface area contributed by atoms with Gasteiger partial charge >= 0.3 is 5.97 Å². The highest BCUT2D eigenvalue weighted by atomic mass is 32.2. The number of sulfonamides is 1.